The average molecular weight is 234 g/mol. The fourth-order valence-corrected chi connectivity index (χ4v) is 2.64. The minimum atomic E-state index is -0.285. The molecular formula is C14H22N2O. The lowest BCUT2D eigenvalue weighted by molar-refractivity contribution is 0.0873. The molecule has 0 saturated carbocycles. The number of aliphatic hydroxyl groups is 1. The highest BCUT2D eigenvalue weighted by molar-refractivity contribution is 5.32. The molecule has 17 heavy (non-hydrogen) atoms. The molecule has 2 rings (SSSR count). The van der Waals surface area contributed by atoms with Gasteiger partial charge in [-0.15, -0.1) is 0 Å². The largest absolute Gasteiger partial charge is 0.390 e. The molecule has 0 radical (unpaired) electrons. The fraction of sp³-hybridized carbons (Fsp3) is 0.571. The van der Waals surface area contributed by atoms with Gasteiger partial charge in [0.1, 0.15) is 0 Å². The molecule has 0 saturated heterocycles. The van der Waals surface area contributed by atoms with Gasteiger partial charge in [0, 0.05) is 25.7 Å². The lowest BCUT2D eigenvalue weighted by atomic mass is 9.93. The summed E-state index contributed by atoms with van der Waals surface area (Å²) in [5.41, 5.74) is 2.87. The minimum Gasteiger partial charge on any atom is -0.390 e. The Hall–Kier alpha value is -0.900. The summed E-state index contributed by atoms with van der Waals surface area (Å²) in [7, 11) is 1.87. The molecule has 0 amide bonds. The first-order chi connectivity index (χ1) is 8.22. The molecule has 1 aromatic rings. The quantitative estimate of drug-likeness (QED) is 0.821. The number of hydrogen-bond acceptors (Lipinski definition) is 3. The number of rotatable bonds is 4. The Morgan fingerprint density at radius 2 is 2.24 bits per heavy atom. The molecule has 0 aromatic heterocycles. The van der Waals surface area contributed by atoms with Crippen molar-refractivity contribution in [1.82, 2.24) is 10.2 Å². The maximum Gasteiger partial charge on any atom is 0.0791 e. The lowest BCUT2D eigenvalue weighted by Crippen LogP contribution is -2.42. The Morgan fingerprint density at radius 3 is 3.00 bits per heavy atom. The normalized spacial score (nSPS) is 22.2. The van der Waals surface area contributed by atoms with Gasteiger partial charge >= 0.3 is 0 Å². The van der Waals surface area contributed by atoms with Crippen LogP contribution in [-0.2, 0) is 6.42 Å². The second-order valence-corrected chi connectivity index (χ2v) is 4.83. The molecule has 2 atom stereocenters. The summed E-state index contributed by atoms with van der Waals surface area (Å²) < 4.78 is 0. The molecule has 0 spiro atoms. The highest BCUT2D eigenvalue weighted by Gasteiger charge is 2.24. The Kier molecular flexibility index (Phi) is 4.15. The molecule has 3 heteroatoms. The van der Waals surface area contributed by atoms with Crippen molar-refractivity contribution in [3.8, 4) is 0 Å². The van der Waals surface area contributed by atoms with Crippen LogP contribution in [0.3, 0.4) is 0 Å². The zero-order valence-corrected chi connectivity index (χ0v) is 10.7. The third-order valence-corrected chi connectivity index (χ3v) is 3.61. The number of β-amino-alcohol motifs (C(OH)–C–C–N with tert-alkyl or cyclic N) is 1. The van der Waals surface area contributed by atoms with Gasteiger partial charge in [0.25, 0.3) is 0 Å². The van der Waals surface area contributed by atoms with Crippen molar-refractivity contribution >= 4 is 0 Å². The second kappa shape index (κ2) is 5.63. The van der Waals surface area contributed by atoms with Crippen LogP contribution in [0.2, 0.25) is 0 Å². The van der Waals surface area contributed by atoms with Crippen LogP contribution >= 0.6 is 0 Å². The molecule has 3 nitrogen and oxygen atoms in total. The van der Waals surface area contributed by atoms with Crippen LogP contribution in [0.25, 0.3) is 0 Å². The average Bonchev–Trinajstić information content (AvgIpc) is 2.33. The maximum atomic E-state index is 9.86. The van der Waals surface area contributed by atoms with Gasteiger partial charge in [-0.2, -0.15) is 0 Å². The number of benzene rings is 1. The zero-order valence-electron chi connectivity index (χ0n) is 10.7. The number of likely N-dealkylation sites (N-methyl/N-ethyl adjacent to an activating group) is 1. The van der Waals surface area contributed by atoms with Crippen molar-refractivity contribution < 1.29 is 5.11 Å². The van der Waals surface area contributed by atoms with Crippen LogP contribution in [0, 0.1) is 0 Å². The Bertz CT molecular complexity index is 367. The third-order valence-electron chi connectivity index (χ3n) is 3.61. The summed E-state index contributed by atoms with van der Waals surface area (Å²) in [4.78, 5) is 2.37. The summed E-state index contributed by atoms with van der Waals surface area (Å²) in [5.74, 6) is 0. The topological polar surface area (TPSA) is 35.5 Å². The van der Waals surface area contributed by atoms with Crippen molar-refractivity contribution in [2.45, 2.75) is 25.5 Å². The van der Waals surface area contributed by atoms with Crippen LogP contribution in [0.5, 0.6) is 0 Å². The van der Waals surface area contributed by atoms with Crippen molar-refractivity contribution in [2.24, 2.45) is 0 Å². The molecule has 0 aliphatic carbocycles. The number of nitrogens with zero attached hydrogens (tertiary/aromatic N) is 1. The van der Waals surface area contributed by atoms with E-state index in [-0.39, 0.29) is 6.10 Å². The van der Waals surface area contributed by atoms with Crippen LogP contribution in [0.4, 0.5) is 0 Å². The zero-order chi connectivity index (χ0) is 12.3. The molecular weight excluding hydrogens is 212 g/mol. The predicted molar refractivity (Wildman–Crippen MR) is 70.1 cm³/mol. The number of aliphatic hydroxyl groups excluding tert-OH is 1. The second-order valence-electron chi connectivity index (χ2n) is 4.83. The molecule has 1 aliphatic rings. The van der Waals surface area contributed by atoms with Crippen molar-refractivity contribution in [3.05, 3.63) is 35.4 Å². The molecule has 0 fully saturated rings. The van der Waals surface area contributed by atoms with E-state index >= 15 is 0 Å². The Balaban J connectivity index is 2.04. The van der Waals surface area contributed by atoms with Gasteiger partial charge in [0.05, 0.1) is 6.10 Å². The number of hydrogen-bond donors (Lipinski definition) is 2. The van der Waals surface area contributed by atoms with E-state index in [1.54, 1.807) is 0 Å². The minimum absolute atomic E-state index is 0.285. The SMILES string of the molecule is CNC[C@H](O)CN1CCc2ccccc2C1C. The van der Waals surface area contributed by atoms with Gasteiger partial charge in [-0.3, -0.25) is 4.90 Å². The van der Waals surface area contributed by atoms with E-state index in [0.717, 1.165) is 19.5 Å². The molecule has 94 valence electrons. The summed E-state index contributed by atoms with van der Waals surface area (Å²) in [6.07, 6.45) is 0.806. The van der Waals surface area contributed by atoms with Crippen molar-refractivity contribution in [2.75, 3.05) is 26.7 Å². The van der Waals surface area contributed by atoms with Crippen LogP contribution in [-0.4, -0.2) is 42.8 Å². The first-order valence-corrected chi connectivity index (χ1v) is 6.37. The van der Waals surface area contributed by atoms with Crippen molar-refractivity contribution in [3.63, 3.8) is 0 Å². The number of fused-ring (bicyclic) bond motifs is 1. The monoisotopic (exact) mass is 234 g/mol. The Labute approximate surface area is 103 Å². The van der Waals surface area contributed by atoms with Gasteiger partial charge in [0.2, 0.25) is 0 Å². The van der Waals surface area contributed by atoms with Crippen LogP contribution < -0.4 is 5.32 Å². The summed E-state index contributed by atoms with van der Waals surface area (Å²) in [5, 5.41) is 12.9. The highest BCUT2D eigenvalue weighted by atomic mass is 16.3. The van der Waals surface area contributed by atoms with E-state index in [1.165, 1.54) is 11.1 Å². The third kappa shape index (κ3) is 2.86. The molecule has 0 bridgehead atoms. The molecule has 1 aromatic carbocycles. The van der Waals surface area contributed by atoms with Gasteiger partial charge in [-0.1, -0.05) is 24.3 Å². The summed E-state index contributed by atoms with van der Waals surface area (Å²) >= 11 is 0. The predicted octanol–water partition coefficient (Wildman–Crippen LogP) is 1.19. The van der Waals surface area contributed by atoms with E-state index in [4.69, 9.17) is 0 Å². The van der Waals surface area contributed by atoms with E-state index in [9.17, 15) is 5.11 Å². The van der Waals surface area contributed by atoms with E-state index < -0.39 is 0 Å². The summed E-state index contributed by atoms with van der Waals surface area (Å²) in [6.45, 7) is 4.67. The van der Waals surface area contributed by atoms with Crippen LogP contribution in [0.1, 0.15) is 24.1 Å². The Morgan fingerprint density at radius 1 is 1.47 bits per heavy atom. The molecule has 2 N–H and O–H groups in total. The fourth-order valence-electron chi connectivity index (χ4n) is 2.64. The first kappa shape index (κ1) is 12.6. The van der Waals surface area contributed by atoms with Gasteiger partial charge in [0.15, 0.2) is 0 Å². The highest BCUT2D eigenvalue weighted by Crippen LogP contribution is 2.28. The van der Waals surface area contributed by atoms with E-state index in [2.05, 4.69) is 41.4 Å². The molecule has 1 heterocycles. The van der Waals surface area contributed by atoms with E-state index in [0.29, 0.717) is 12.6 Å². The van der Waals surface area contributed by atoms with E-state index in [1.807, 2.05) is 7.05 Å². The summed E-state index contributed by atoms with van der Waals surface area (Å²) in [6, 6.07) is 9.04. The van der Waals surface area contributed by atoms with Crippen LogP contribution in [0.15, 0.2) is 24.3 Å². The smallest absolute Gasteiger partial charge is 0.0791 e. The standard InChI is InChI=1S/C14H22N2O/c1-11-14-6-4-3-5-12(14)7-8-16(11)10-13(17)9-15-2/h3-6,11,13,15,17H,7-10H2,1-2H3/t11?,13-/m0/s1. The van der Waals surface area contributed by atoms with Gasteiger partial charge < -0.3 is 10.4 Å². The first-order valence-electron chi connectivity index (χ1n) is 6.37. The maximum absolute atomic E-state index is 9.86. The molecule has 1 unspecified atom stereocenters. The molecule has 1 aliphatic heterocycles. The number of nitrogens with one attached hydrogen (secondary N) is 1. The van der Waals surface area contributed by atoms with Crippen molar-refractivity contribution in [1.29, 1.82) is 0 Å². The van der Waals surface area contributed by atoms with Gasteiger partial charge in [-0.05, 0) is 31.5 Å². The lowest BCUT2D eigenvalue weighted by Gasteiger charge is -2.36. The van der Waals surface area contributed by atoms with Gasteiger partial charge in [-0.25, -0.2) is 0 Å².